The molecule has 0 amide bonds. The van der Waals surface area contributed by atoms with E-state index in [1.54, 1.807) is 0 Å². The summed E-state index contributed by atoms with van der Waals surface area (Å²) in [7, 11) is 0. The van der Waals surface area contributed by atoms with Gasteiger partial charge in [0.2, 0.25) is 0 Å². The van der Waals surface area contributed by atoms with E-state index >= 15 is 0 Å². The van der Waals surface area contributed by atoms with Crippen molar-refractivity contribution in [3.63, 3.8) is 0 Å². The quantitative estimate of drug-likeness (QED) is 0.515. The van der Waals surface area contributed by atoms with Gasteiger partial charge in [-0.05, 0) is 30.7 Å². The maximum absolute atomic E-state index is 12.5. The first-order valence-electron chi connectivity index (χ1n) is 3.44. The molecule has 1 aromatic rings. The van der Waals surface area contributed by atoms with E-state index in [1.807, 2.05) is 0 Å². The highest BCUT2D eigenvalue weighted by atomic mass is 19.4. The van der Waals surface area contributed by atoms with Crippen LogP contribution in [0.3, 0.4) is 0 Å². The summed E-state index contributed by atoms with van der Waals surface area (Å²) in [5, 5.41) is 0. The lowest BCUT2D eigenvalue weighted by Gasteiger charge is -2.06. The lowest BCUT2D eigenvalue weighted by atomic mass is 10.1. The predicted molar refractivity (Wildman–Crippen MR) is 42.2 cm³/mol. The topological polar surface area (TPSA) is 40.9 Å². The number of benzene rings is 1. The van der Waals surface area contributed by atoms with Crippen molar-refractivity contribution in [3.8, 4) is 0 Å². The van der Waals surface area contributed by atoms with Gasteiger partial charge < -0.3 is 0 Å². The summed E-state index contributed by atoms with van der Waals surface area (Å²) >= 11 is 0. The van der Waals surface area contributed by atoms with Crippen molar-refractivity contribution < 1.29 is 17.6 Å². The van der Waals surface area contributed by atoms with Crippen molar-refractivity contribution in [2.24, 2.45) is 0 Å². The van der Waals surface area contributed by atoms with E-state index < -0.39 is 17.6 Å². The van der Waals surface area contributed by atoms with Crippen LogP contribution >= 0.6 is 0 Å². The largest absolute Gasteiger partial charge is 0.416 e. The van der Waals surface area contributed by atoms with Crippen molar-refractivity contribution in [2.45, 2.75) is 13.1 Å². The lowest BCUT2D eigenvalue weighted by molar-refractivity contribution is -0.137. The number of halogens is 4. The van der Waals surface area contributed by atoms with Gasteiger partial charge in [-0.25, -0.2) is 4.39 Å². The molecule has 1 aromatic carbocycles. The molecular formula is C8H7F4NO. The van der Waals surface area contributed by atoms with Crippen LogP contribution in [0.15, 0.2) is 18.2 Å². The predicted octanol–water partition coefficient (Wildman–Crippen LogP) is 3.48. The average molecular weight is 209 g/mol. The highest BCUT2D eigenvalue weighted by molar-refractivity contribution is 5.25. The Morgan fingerprint density at radius 2 is 1.64 bits per heavy atom. The third kappa shape index (κ3) is 3.51. The van der Waals surface area contributed by atoms with Crippen molar-refractivity contribution in [1.29, 1.82) is 5.59 Å². The van der Waals surface area contributed by atoms with E-state index in [1.165, 1.54) is 6.92 Å². The first-order chi connectivity index (χ1) is 6.39. The van der Waals surface area contributed by atoms with Gasteiger partial charge in [0.25, 0.3) is 0 Å². The van der Waals surface area contributed by atoms with Crippen LogP contribution in [0.1, 0.15) is 11.1 Å². The van der Waals surface area contributed by atoms with Gasteiger partial charge in [0, 0.05) is 0 Å². The highest BCUT2D eigenvalue weighted by Crippen LogP contribution is 2.30. The molecule has 0 spiro atoms. The van der Waals surface area contributed by atoms with Crippen LogP contribution in [0, 0.1) is 23.2 Å². The van der Waals surface area contributed by atoms with Crippen LogP contribution < -0.4 is 0 Å². The monoisotopic (exact) mass is 209 g/mol. The lowest BCUT2D eigenvalue weighted by Crippen LogP contribution is -2.05. The Kier molecular flexibility index (Phi) is 4.20. The normalized spacial score (nSPS) is 10.4. The first kappa shape index (κ1) is 12.5. The zero-order valence-electron chi connectivity index (χ0n) is 7.15. The molecular weight excluding hydrogens is 202 g/mol. The standard InChI is InChI=1S/C8H6F4.HNO/c1-5-2-6(8(10,11)12)4-7(9)3-5;1-2/h2-4H,1H3;1H. The molecule has 0 saturated carbocycles. The second kappa shape index (κ2) is 4.69. The zero-order valence-corrected chi connectivity index (χ0v) is 7.15. The van der Waals surface area contributed by atoms with E-state index in [4.69, 9.17) is 4.91 Å². The summed E-state index contributed by atoms with van der Waals surface area (Å²) in [5.74, 6) is -0.859. The molecule has 0 unspecified atom stereocenters. The van der Waals surface area contributed by atoms with Crippen LogP contribution in [0.4, 0.5) is 17.6 Å². The molecule has 1 N–H and O–H groups in total. The number of aryl methyl sites for hydroxylation is 1. The van der Waals surface area contributed by atoms with Crippen LogP contribution in [-0.4, -0.2) is 0 Å². The van der Waals surface area contributed by atoms with Gasteiger partial charge in [-0.3, -0.25) is 0 Å². The minimum atomic E-state index is -4.47. The van der Waals surface area contributed by atoms with Crippen molar-refractivity contribution in [2.75, 3.05) is 0 Å². The average Bonchev–Trinajstić information content (AvgIpc) is 2.04. The molecule has 78 valence electrons. The van der Waals surface area contributed by atoms with Crippen molar-refractivity contribution >= 4 is 0 Å². The van der Waals surface area contributed by atoms with Crippen molar-refractivity contribution in [3.05, 3.63) is 40.1 Å². The second-order valence-corrected chi connectivity index (χ2v) is 2.52. The van der Waals surface area contributed by atoms with Gasteiger partial charge in [0.15, 0.2) is 0 Å². The summed E-state index contributed by atoms with van der Waals surface area (Å²) in [6.45, 7) is 1.42. The molecule has 0 aliphatic heterocycles. The Morgan fingerprint density at radius 1 is 1.14 bits per heavy atom. The smallest absolute Gasteiger partial charge is 0.207 e. The molecule has 14 heavy (non-hydrogen) atoms. The van der Waals surface area contributed by atoms with Gasteiger partial charge >= 0.3 is 6.18 Å². The van der Waals surface area contributed by atoms with Crippen molar-refractivity contribution in [1.82, 2.24) is 0 Å². The highest BCUT2D eigenvalue weighted by Gasteiger charge is 2.30. The Labute approximate surface area is 77.3 Å². The molecule has 0 radical (unpaired) electrons. The van der Waals surface area contributed by atoms with Gasteiger partial charge in [0.1, 0.15) is 5.82 Å². The molecule has 1 rings (SSSR count). The number of hydrogen-bond donors (Lipinski definition) is 1. The minimum Gasteiger partial charge on any atom is -0.207 e. The third-order valence-electron chi connectivity index (χ3n) is 1.37. The summed E-state index contributed by atoms with van der Waals surface area (Å²) in [6.07, 6.45) is -4.47. The Bertz CT molecular complexity index is 290. The van der Waals surface area contributed by atoms with Crippen LogP contribution in [0.5, 0.6) is 0 Å². The van der Waals surface area contributed by atoms with E-state index in [2.05, 4.69) is 5.59 Å². The Morgan fingerprint density at radius 3 is 2.00 bits per heavy atom. The van der Waals surface area contributed by atoms with E-state index in [9.17, 15) is 17.6 Å². The molecule has 0 saturated heterocycles. The number of nitroso groups, excluding NO2 is 1. The zero-order chi connectivity index (χ0) is 11.4. The van der Waals surface area contributed by atoms with Gasteiger partial charge in [-0.2, -0.15) is 18.1 Å². The van der Waals surface area contributed by atoms with E-state index in [-0.39, 0.29) is 5.56 Å². The SMILES string of the molecule is Cc1cc(F)cc(C(F)(F)F)c1.N=O. The van der Waals surface area contributed by atoms with E-state index in [0.29, 0.717) is 6.07 Å². The molecule has 0 atom stereocenters. The number of nitrogens with one attached hydrogen (secondary N) is 1. The summed E-state index contributed by atoms with van der Waals surface area (Å²) in [4.78, 5) is 7.50. The van der Waals surface area contributed by atoms with E-state index in [0.717, 1.165) is 12.1 Å². The molecule has 0 aromatic heterocycles. The summed E-state index contributed by atoms with van der Waals surface area (Å²) in [6, 6.07) is 2.44. The molecule has 0 bridgehead atoms. The maximum Gasteiger partial charge on any atom is 0.416 e. The maximum atomic E-state index is 12.5. The number of rotatable bonds is 0. The van der Waals surface area contributed by atoms with Crippen LogP contribution in [-0.2, 0) is 6.18 Å². The Hall–Kier alpha value is -1.46. The fourth-order valence-corrected chi connectivity index (χ4v) is 0.900. The molecule has 0 heterocycles. The van der Waals surface area contributed by atoms with Gasteiger partial charge in [0.05, 0.1) is 5.56 Å². The number of alkyl halides is 3. The minimum absolute atomic E-state index is 0.266. The summed E-state index contributed by atoms with van der Waals surface area (Å²) < 4.78 is 48.4. The van der Waals surface area contributed by atoms with Crippen LogP contribution in [0.2, 0.25) is 0 Å². The first-order valence-corrected chi connectivity index (χ1v) is 3.44. The molecule has 6 heteroatoms. The third-order valence-corrected chi connectivity index (χ3v) is 1.37. The second-order valence-electron chi connectivity index (χ2n) is 2.52. The van der Waals surface area contributed by atoms with Gasteiger partial charge in [-0.15, -0.1) is 0 Å². The fraction of sp³-hybridized carbons (Fsp3) is 0.250. The number of hydrogen-bond acceptors (Lipinski definition) is 2. The summed E-state index contributed by atoms with van der Waals surface area (Å²) in [5.41, 5.74) is 3.82. The molecule has 0 aliphatic carbocycles. The molecule has 2 nitrogen and oxygen atoms in total. The molecule has 0 fully saturated rings. The van der Waals surface area contributed by atoms with Gasteiger partial charge in [-0.1, -0.05) is 5.59 Å². The Balaban J connectivity index is 0.000000791. The fourth-order valence-electron chi connectivity index (χ4n) is 0.900. The van der Waals surface area contributed by atoms with Crippen LogP contribution in [0.25, 0.3) is 0 Å². The molecule has 0 aliphatic rings.